The first-order valence-electron chi connectivity index (χ1n) is 5.98. The van der Waals surface area contributed by atoms with Crippen LogP contribution in [0.1, 0.15) is 31.2 Å². The number of hydrogen-bond acceptors (Lipinski definition) is 3. The Kier molecular flexibility index (Phi) is 4.05. The van der Waals surface area contributed by atoms with Gasteiger partial charge in [-0.3, -0.25) is 9.78 Å². The van der Waals surface area contributed by atoms with E-state index in [1.807, 2.05) is 12.1 Å². The fourth-order valence-electron chi connectivity index (χ4n) is 2.18. The van der Waals surface area contributed by atoms with E-state index in [0.717, 1.165) is 5.56 Å². The van der Waals surface area contributed by atoms with E-state index in [1.54, 1.807) is 12.4 Å². The van der Waals surface area contributed by atoms with Crippen LogP contribution in [0.4, 0.5) is 0 Å². The molecule has 0 radical (unpaired) electrons. The monoisotopic (exact) mass is 218 g/mol. The SMILES string of the molecule is O=C(CNC1CCCC1)Cc1cccnc1. The van der Waals surface area contributed by atoms with Crippen LogP contribution in [0.5, 0.6) is 0 Å². The first-order chi connectivity index (χ1) is 7.84. The molecule has 1 heterocycles. The zero-order valence-electron chi connectivity index (χ0n) is 9.48. The molecule has 0 saturated heterocycles. The highest BCUT2D eigenvalue weighted by molar-refractivity contribution is 5.82. The molecule has 16 heavy (non-hydrogen) atoms. The molecule has 3 nitrogen and oxygen atoms in total. The molecule has 0 aliphatic heterocycles. The summed E-state index contributed by atoms with van der Waals surface area (Å²) in [4.78, 5) is 15.7. The van der Waals surface area contributed by atoms with Gasteiger partial charge in [-0.15, -0.1) is 0 Å². The van der Waals surface area contributed by atoms with Crippen molar-refractivity contribution >= 4 is 5.78 Å². The minimum Gasteiger partial charge on any atom is -0.307 e. The number of rotatable bonds is 5. The highest BCUT2D eigenvalue weighted by Crippen LogP contribution is 2.17. The van der Waals surface area contributed by atoms with Crippen LogP contribution in [0.25, 0.3) is 0 Å². The van der Waals surface area contributed by atoms with Gasteiger partial charge in [0.25, 0.3) is 0 Å². The number of carbonyl (C=O) groups is 1. The van der Waals surface area contributed by atoms with E-state index in [-0.39, 0.29) is 5.78 Å². The molecule has 0 bridgehead atoms. The lowest BCUT2D eigenvalue weighted by atomic mass is 10.1. The number of nitrogens with zero attached hydrogens (tertiary/aromatic N) is 1. The maximum Gasteiger partial charge on any atom is 0.151 e. The molecule has 1 saturated carbocycles. The molecule has 0 atom stereocenters. The first kappa shape index (κ1) is 11.3. The summed E-state index contributed by atoms with van der Waals surface area (Å²) >= 11 is 0. The Morgan fingerprint density at radius 1 is 1.44 bits per heavy atom. The molecule has 0 amide bonds. The van der Waals surface area contributed by atoms with Gasteiger partial charge in [0.2, 0.25) is 0 Å². The number of aromatic nitrogens is 1. The summed E-state index contributed by atoms with van der Waals surface area (Å²) in [7, 11) is 0. The van der Waals surface area contributed by atoms with E-state index >= 15 is 0 Å². The van der Waals surface area contributed by atoms with Crippen molar-refractivity contribution in [3.63, 3.8) is 0 Å². The van der Waals surface area contributed by atoms with Crippen molar-refractivity contribution < 1.29 is 4.79 Å². The number of Topliss-reactive ketones (excluding diaryl/α,β-unsaturated/α-hetero) is 1. The fraction of sp³-hybridized carbons (Fsp3) is 0.538. The molecule has 0 unspecified atom stereocenters. The van der Waals surface area contributed by atoms with Crippen LogP contribution in [-0.4, -0.2) is 23.4 Å². The van der Waals surface area contributed by atoms with Gasteiger partial charge in [-0.05, 0) is 24.5 Å². The van der Waals surface area contributed by atoms with E-state index in [1.165, 1.54) is 25.7 Å². The van der Waals surface area contributed by atoms with Gasteiger partial charge in [0.05, 0.1) is 6.54 Å². The largest absolute Gasteiger partial charge is 0.307 e. The lowest BCUT2D eigenvalue weighted by Gasteiger charge is -2.10. The summed E-state index contributed by atoms with van der Waals surface area (Å²) in [6.45, 7) is 0.500. The maximum absolute atomic E-state index is 11.7. The predicted molar refractivity (Wildman–Crippen MR) is 63.2 cm³/mol. The van der Waals surface area contributed by atoms with Crippen LogP contribution < -0.4 is 5.32 Å². The Morgan fingerprint density at radius 2 is 2.25 bits per heavy atom. The van der Waals surface area contributed by atoms with Crippen molar-refractivity contribution in [3.8, 4) is 0 Å². The predicted octanol–water partition coefficient (Wildman–Crippen LogP) is 1.73. The van der Waals surface area contributed by atoms with Crippen LogP contribution in [0.3, 0.4) is 0 Å². The maximum atomic E-state index is 11.7. The van der Waals surface area contributed by atoms with Crippen molar-refractivity contribution in [3.05, 3.63) is 30.1 Å². The van der Waals surface area contributed by atoms with Gasteiger partial charge in [-0.25, -0.2) is 0 Å². The second-order valence-corrected chi connectivity index (χ2v) is 4.44. The van der Waals surface area contributed by atoms with Crippen LogP contribution >= 0.6 is 0 Å². The second kappa shape index (κ2) is 5.75. The standard InChI is InChI=1S/C13H18N2O/c16-13(8-11-4-3-7-14-9-11)10-15-12-5-1-2-6-12/h3-4,7,9,12,15H,1-2,5-6,8,10H2. The Hall–Kier alpha value is -1.22. The smallest absolute Gasteiger partial charge is 0.151 e. The Morgan fingerprint density at radius 3 is 2.94 bits per heavy atom. The summed E-state index contributed by atoms with van der Waals surface area (Å²) in [5.41, 5.74) is 1.00. The van der Waals surface area contributed by atoms with Gasteiger partial charge >= 0.3 is 0 Å². The van der Waals surface area contributed by atoms with Crippen molar-refractivity contribution in [2.45, 2.75) is 38.1 Å². The lowest BCUT2D eigenvalue weighted by Crippen LogP contribution is -2.32. The van der Waals surface area contributed by atoms with E-state index < -0.39 is 0 Å². The van der Waals surface area contributed by atoms with Crippen molar-refractivity contribution in [1.82, 2.24) is 10.3 Å². The van der Waals surface area contributed by atoms with Crippen molar-refractivity contribution in [2.75, 3.05) is 6.54 Å². The van der Waals surface area contributed by atoms with Crippen molar-refractivity contribution in [1.29, 1.82) is 0 Å². The van der Waals surface area contributed by atoms with Gasteiger partial charge in [0.15, 0.2) is 5.78 Å². The highest BCUT2D eigenvalue weighted by atomic mass is 16.1. The summed E-state index contributed by atoms with van der Waals surface area (Å²) in [6.07, 6.45) is 9.02. The molecule has 3 heteroatoms. The minimum absolute atomic E-state index is 0.250. The minimum atomic E-state index is 0.250. The number of carbonyl (C=O) groups excluding carboxylic acids is 1. The van der Waals surface area contributed by atoms with Crippen LogP contribution in [0.2, 0.25) is 0 Å². The van der Waals surface area contributed by atoms with Gasteiger partial charge in [0.1, 0.15) is 0 Å². The molecular weight excluding hydrogens is 200 g/mol. The molecule has 1 fully saturated rings. The second-order valence-electron chi connectivity index (χ2n) is 4.44. The molecular formula is C13H18N2O. The zero-order chi connectivity index (χ0) is 11.2. The Labute approximate surface area is 96.3 Å². The van der Waals surface area contributed by atoms with Gasteiger partial charge < -0.3 is 5.32 Å². The van der Waals surface area contributed by atoms with Crippen LogP contribution in [-0.2, 0) is 11.2 Å². The Bertz CT molecular complexity index is 331. The van der Waals surface area contributed by atoms with Gasteiger partial charge in [-0.2, -0.15) is 0 Å². The normalized spacial score (nSPS) is 16.5. The summed E-state index contributed by atoms with van der Waals surface area (Å²) < 4.78 is 0. The molecule has 1 N–H and O–H groups in total. The fourth-order valence-corrected chi connectivity index (χ4v) is 2.18. The first-order valence-corrected chi connectivity index (χ1v) is 5.98. The van der Waals surface area contributed by atoms with Crippen LogP contribution in [0, 0.1) is 0 Å². The molecule has 1 aliphatic rings. The van der Waals surface area contributed by atoms with Gasteiger partial charge in [-0.1, -0.05) is 18.9 Å². The van der Waals surface area contributed by atoms with Crippen LogP contribution in [0.15, 0.2) is 24.5 Å². The third kappa shape index (κ3) is 3.42. The molecule has 0 spiro atoms. The average Bonchev–Trinajstić information content (AvgIpc) is 2.81. The van der Waals surface area contributed by atoms with Gasteiger partial charge in [0, 0.05) is 24.9 Å². The summed E-state index contributed by atoms with van der Waals surface area (Å²) in [5.74, 6) is 0.250. The number of ketones is 1. The van der Waals surface area contributed by atoms with E-state index in [9.17, 15) is 4.79 Å². The third-order valence-corrected chi connectivity index (χ3v) is 3.07. The Balaban J connectivity index is 1.72. The third-order valence-electron chi connectivity index (χ3n) is 3.07. The topological polar surface area (TPSA) is 42.0 Å². The number of hydrogen-bond donors (Lipinski definition) is 1. The molecule has 1 aromatic heterocycles. The molecule has 0 aromatic carbocycles. The molecule has 1 aliphatic carbocycles. The molecule has 86 valence electrons. The number of nitrogens with one attached hydrogen (secondary N) is 1. The lowest BCUT2D eigenvalue weighted by molar-refractivity contribution is -0.117. The molecule has 1 aromatic rings. The number of pyridine rings is 1. The summed E-state index contributed by atoms with van der Waals surface area (Å²) in [6, 6.07) is 4.38. The molecule has 2 rings (SSSR count). The van der Waals surface area contributed by atoms with E-state index in [2.05, 4.69) is 10.3 Å². The zero-order valence-corrected chi connectivity index (χ0v) is 9.48. The van der Waals surface area contributed by atoms with E-state index in [0.29, 0.717) is 19.0 Å². The quantitative estimate of drug-likeness (QED) is 0.818. The highest BCUT2D eigenvalue weighted by Gasteiger charge is 2.15. The summed E-state index contributed by atoms with van der Waals surface area (Å²) in [5, 5.41) is 3.33. The van der Waals surface area contributed by atoms with Crippen molar-refractivity contribution in [2.24, 2.45) is 0 Å². The van der Waals surface area contributed by atoms with E-state index in [4.69, 9.17) is 0 Å². The average molecular weight is 218 g/mol.